The Kier molecular flexibility index (Phi) is 4.56. The Hall–Kier alpha value is -2.33. The van der Waals surface area contributed by atoms with Gasteiger partial charge in [-0.2, -0.15) is 0 Å². The second-order valence-electron chi connectivity index (χ2n) is 7.45. The number of benzene rings is 2. The van der Waals surface area contributed by atoms with Crippen molar-refractivity contribution >= 4 is 5.97 Å². The van der Waals surface area contributed by atoms with Gasteiger partial charge >= 0.3 is 5.97 Å². The Balaban J connectivity index is 1.91. The number of fused-ring (bicyclic) bond motifs is 1. The molecule has 0 saturated heterocycles. The Morgan fingerprint density at radius 2 is 1.84 bits per heavy atom. The Morgan fingerprint density at radius 3 is 2.52 bits per heavy atom. The first-order valence-corrected chi connectivity index (χ1v) is 8.57. The molecule has 1 heterocycles. The normalized spacial score (nSPS) is 16.0. The number of aliphatic carboxylic acids is 1. The van der Waals surface area contributed by atoms with Crippen molar-refractivity contribution in [2.24, 2.45) is 0 Å². The van der Waals surface area contributed by atoms with Gasteiger partial charge in [0.05, 0.1) is 6.61 Å². The first kappa shape index (κ1) is 17.5. The Bertz CT molecular complexity index is 767. The van der Waals surface area contributed by atoms with Crippen LogP contribution in [0, 0.1) is 0 Å². The van der Waals surface area contributed by atoms with E-state index in [1.165, 1.54) is 0 Å². The van der Waals surface area contributed by atoms with Crippen molar-refractivity contribution < 1.29 is 19.7 Å². The largest absolute Gasteiger partial charge is 0.493 e. The highest BCUT2D eigenvalue weighted by Crippen LogP contribution is 2.42. The summed E-state index contributed by atoms with van der Waals surface area (Å²) in [5.74, 6) is -0.349. The highest BCUT2D eigenvalue weighted by molar-refractivity contribution is 5.78. The van der Waals surface area contributed by atoms with Crippen LogP contribution in [0.15, 0.2) is 48.5 Å². The number of hydrogen-bond donors (Lipinski definition) is 2. The molecule has 0 aliphatic carbocycles. The van der Waals surface area contributed by atoms with Crippen LogP contribution >= 0.6 is 0 Å². The summed E-state index contributed by atoms with van der Waals surface area (Å²) in [5, 5.41) is 20.7. The minimum atomic E-state index is -1.84. The molecule has 0 saturated carbocycles. The van der Waals surface area contributed by atoms with Crippen LogP contribution in [0.4, 0.5) is 0 Å². The molecule has 25 heavy (non-hydrogen) atoms. The fourth-order valence-corrected chi connectivity index (χ4v) is 3.72. The van der Waals surface area contributed by atoms with Crippen molar-refractivity contribution in [1.82, 2.24) is 0 Å². The van der Waals surface area contributed by atoms with Gasteiger partial charge in [-0.1, -0.05) is 62.4 Å². The van der Waals surface area contributed by atoms with Gasteiger partial charge in [0.2, 0.25) is 0 Å². The van der Waals surface area contributed by atoms with Gasteiger partial charge < -0.3 is 14.9 Å². The number of carboxylic acids is 1. The second kappa shape index (κ2) is 6.52. The smallest absolute Gasteiger partial charge is 0.336 e. The first-order valence-electron chi connectivity index (χ1n) is 8.57. The summed E-state index contributed by atoms with van der Waals surface area (Å²) in [6, 6.07) is 15.2. The lowest BCUT2D eigenvalue weighted by Crippen LogP contribution is -2.45. The fourth-order valence-electron chi connectivity index (χ4n) is 3.72. The van der Waals surface area contributed by atoms with E-state index in [9.17, 15) is 15.0 Å². The van der Waals surface area contributed by atoms with Gasteiger partial charge in [0.25, 0.3) is 0 Å². The topological polar surface area (TPSA) is 66.8 Å². The summed E-state index contributed by atoms with van der Waals surface area (Å²) in [7, 11) is 0. The third kappa shape index (κ3) is 3.54. The number of rotatable bonds is 6. The quantitative estimate of drug-likeness (QED) is 0.846. The van der Waals surface area contributed by atoms with E-state index >= 15 is 0 Å². The van der Waals surface area contributed by atoms with Crippen molar-refractivity contribution in [2.45, 2.75) is 44.1 Å². The van der Waals surface area contributed by atoms with E-state index in [2.05, 4.69) is 0 Å². The van der Waals surface area contributed by atoms with Crippen LogP contribution in [0.25, 0.3) is 0 Å². The van der Waals surface area contributed by atoms with Crippen LogP contribution < -0.4 is 4.74 Å². The maximum absolute atomic E-state index is 11.9. The van der Waals surface area contributed by atoms with Crippen LogP contribution in [0.2, 0.25) is 0 Å². The number of hydrogen-bond acceptors (Lipinski definition) is 3. The lowest BCUT2D eigenvalue weighted by Gasteiger charge is -2.34. The molecule has 4 heteroatoms. The molecule has 1 aliphatic rings. The molecular formula is C21H24O4. The highest BCUT2D eigenvalue weighted by Gasteiger charge is 2.43. The third-order valence-electron chi connectivity index (χ3n) is 4.92. The van der Waals surface area contributed by atoms with Gasteiger partial charge in [0, 0.05) is 18.4 Å². The minimum absolute atomic E-state index is 0.0719. The molecule has 1 aliphatic heterocycles. The van der Waals surface area contributed by atoms with Crippen LogP contribution in [0.3, 0.4) is 0 Å². The molecule has 3 rings (SSSR count). The molecule has 2 aromatic carbocycles. The molecule has 132 valence electrons. The SMILES string of the molecule is CC(C)(CC(O)(Cc1ccccc1)C(=O)O)c1cccc2c1OCC2. The molecular weight excluding hydrogens is 316 g/mol. The zero-order valence-corrected chi connectivity index (χ0v) is 14.7. The molecule has 0 amide bonds. The van der Waals surface area contributed by atoms with Crippen molar-refractivity contribution in [3.63, 3.8) is 0 Å². The zero-order chi connectivity index (χ0) is 18.1. The van der Waals surface area contributed by atoms with Crippen molar-refractivity contribution in [2.75, 3.05) is 6.61 Å². The lowest BCUT2D eigenvalue weighted by atomic mass is 9.72. The molecule has 1 atom stereocenters. The van der Waals surface area contributed by atoms with Crippen LogP contribution in [0.1, 0.15) is 37.0 Å². The number of aliphatic hydroxyl groups is 1. The van der Waals surface area contributed by atoms with Crippen LogP contribution in [-0.2, 0) is 23.1 Å². The molecule has 0 radical (unpaired) electrons. The molecule has 1 unspecified atom stereocenters. The molecule has 0 bridgehead atoms. The van der Waals surface area contributed by atoms with E-state index in [1.807, 2.05) is 62.4 Å². The van der Waals surface area contributed by atoms with Gasteiger partial charge in [-0.3, -0.25) is 0 Å². The maximum atomic E-state index is 11.9. The number of carbonyl (C=O) groups is 1. The average molecular weight is 340 g/mol. The summed E-state index contributed by atoms with van der Waals surface area (Å²) < 4.78 is 5.78. The van der Waals surface area contributed by atoms with Crippen LogP contribution in [0.5, 0.6) is 5.75 Å². The summed E-state index contributed by atoms with van der Waals surface area (Å²) in [6.45, 7) is 4.57. The van der Waals surface area contributed by atoms with Gasteiger partial charge in [-0.15, -0.1) is 0 Å². The Morgan fingerprint density at radius 1 is 1.12 bits per heavy atom. The first-order chi connectivity index (χ1) is 11.8. The predicted molar refractivity (Wildman–Crippen MR) is 96.0 cm³/mol. The lowest BCUT2D eigenvalue weighted by molar-refractivity contribution is -0.160. The van der Waals surface area contributed by atoms with E-state index in [4.69, 9.17) is 4.74 Å². The van der Waals surface area contributed by atoms with E-state index in [1.54, 1.807) is 0 Å². The molecule has 0 spiro atoms. The molecule has 4 nitrogen and oxygen atoms in total. The van der Waals surface area contributed by atoms with Gasteiger partial charge in [-0.25, -0.2) is 4.79 Å². The standard InChI is InChI=1S/C21H24O4/c1-20(2,17-10-6-9-16-11-12-25-18(16)17)14-21(24,19(22)23)13-15-7-4-3-5-8-15/h3-10,24H,11-14H2,1-2H3,(H,22,23). The minimum Gasteiger partial charge on any atom is -0.493 e. The molecule has 2 N–H and O–H groups in total. The van der Waals surface area contributed by atoms with Gasteiger partial charge in [0.1, 0.15) is 5.75 Å². The monoisotopic (exact) mass is 340 g/mol. The fraction of sp³-hybridized carbons (Fsp3) is 0.381. The summed E-state index contributed by atoms with van der Waals surface area (Å²) in [5.41, 5.74) is 0.518. The average Bonchev–Trinajstić information content (AvgIpc) is 3.03. The van der Waals surface area contributed by atoms with Crippen molar-refractivity contribution in [3.8, 4) is 5.75 Å². The molecule has 0 fully saturated rings. The summed E-state index contributed by atoms with van der Waals surface area (Å²) >= 11 is 0. The highest BCUT2D eigenvalue weighted by atomic mass is 16.5. The zero-order valence-electron chi connectivity index (χ0n) is 14.7. The van der Waals surface area contributed by atoms with Gasteiger partial charge in [-0.05, 0) is 23.0 Å². The number of ether oxygens (including phenoxy) is 1. The molecule has 0 aromatic heterocycles. The van der Waals surface area contributed by atoms with E-state index in [-0.39, 0.29) is 12.8 Å². The second-order valence-corrected chi connectivity index (χ2v) is 7.45. The third-order valence-corrected chi connectivity index (χ3v) is 4.92. The van der Waals surface area contributed by atoms with E-state index < -0.39 is 17.0 Å². The van der Waals surface area contributed by atoms with Crippen molar-refractivity contribution in [3.05, 3.63) is 65.2 Å². The van der Waals surface area contributed by atoms with E-state index in [0.717, 1.165) is 28.9 Å². The number of para-hydroxylation sites is 1. The van der Waals surface area contributed by atoms with Crippen molar-refractivity contribution in [1.29, 1.82) is 0 Å². The molecule has 2 aromatic rings. The Labute approximate surface area is 148 Å². The number of carboxylic acid groups (broad SMARTS) is 1. The van der Waals surface area contributed by atoms with E-state index in [0.29, 0.717) is 6.61 Å². The van der Waals surface area contributed by atoms with Gasteiger partial charge in [0.15, 0.2) is 5.60 Å². The summed E-state index contributed by atoms with van der Waals surface area (Å²) in [4.78, 5) is 11.9. The summed E-state index contributed by atoms with van der Waals surface area (Å²) in [6.07, 6.45) is 1.04. The van der Waals surface area contributed by atoms with Crippen LogP contribution in [-0.4, -0.2) is 28.4 Å². The predicted octanol–water partition coefficient (Wildman–Crippen LogP) is 3.35. The maximum Gasteiger partial charge on any atom is 0.336 e.